The maximum atomic E-state index is 10.8. The number of aryl methyl sites for hydroxylation is 1. The molecule has 2 heterocycles. The Balaban J connectivity index is 2.28. The van der Waals surface area contributed by atoms with E-state index in [-0.39, 0.29) is 5.82 Å². The first-order valence-electron chi connectivity index (χ1n) is 4.38. The monoisotopic (exact) mass is 206 g/mol. The zero-order chi connectivity index (χ0) is 10.8. The van der Waals surface area contributed by atoms with Gasteiger partial charge in [-0.05, 0) is 0 Å². The summed E-state index contributed by atoms with van der Waals surface area (Å²) in [4.78, 5) is 18.5. The minimum atomic E-state index is -1.03. The van der Waals surface area contributed by atoms with E-state index in [4.69, 9.17) is 5.11 Å². The summed E-state index contributed by atoms with van der Waals surface area (Å²) < 4.78 is 3.41. The molecule has 2 aromatic heterocycles. The second-order valence-electron chi connectivity index (χ2n) is 3.18. The number of hydrogen-bond acceptors (Lipinski definition) is 3. The second kappa shape index (κ2) is 3.56. The van der Waals surface area contributed by atoms with Crippen molar-refractivity contribution in [1.29, 1.82) is 0 Å². The number of carboxylic acids is 1. The smallest absolute Gasteiger partial charge is 0.372 e. The first-order chi connectivity index (χ1) is 7.18. The molecule has 2 rings (SSSR count). The SMILES string of the molecule is Cn1cncc1Cn1ccnc1C(=O)O. The van der Waals surface area contributed by atoms with Gasteiger partial charge in [-0.25, -0.2) is 14.8 Å². The van der Waals surface area contributed by atoms with Crippen molar-refractivity contribution in [3.8, 4) is 0 Å². The number of aromatic carboxylic acids is 1. The van der Waals surface area contributed by atoms with Gasteiger partial charge in [0.2, 0.25) is 5.82 Å². The summed E-state index contributed by atoms with van der Waals surface area (Å²) in [6.45, 7) is 0.456. The van der Waals surface area contributed by atoms with E-state index >= 15 is 0 Å². The van der Waals surface area contributed by atoms with Gasteiger partial charge in [0.1, 0.15) is 0 Å². The number of hydrogen-bond donors (Lipinski definition) is 1. The topological polar surface area (TPSA) is 72.9 Å². The molecule has 0 fully saturated rings. The Kier molecular flexibility index (Phi) is 2.24. The highest BCUT2D eigenvalue weighted by Crippen LogP contribution is 2.04. The Labute approximate surface area is 85.8 Å². The summed E-state index contributed by atoms with van der Waals surface area (Å²) in [5.74, 6) is -0.988. The lowest BCUT2D eigenvalue weighted by Gasteiger charge is -2.05. The van der Waals surface area contributed by atoms with Crippen molar-refractivity contribution < 1.29 is 9.90 Å². The molecule has 2 aromatic rings. The highest BCUT2D eigenvalue weighted by atomic mass is 16.4. The molecule has 0 spiro atoms. The summed E-state index contributed by atoms with van der Waals surface area (Å²) in [6.07, 6.45) is 6.48. The fraction of sp³-hybridized carbons (Fsp3) is 0.222. The van der Waals surface area contributed by atoms with Crippen molar-refractivity contribution in [3.63, 3.8) is 0 Å². The molecule has 0 aliphatic carbocycles. The van der Waals surface area contributed by atoms with Crippen molar-refractivity contribution in [2.45, 2.75) is 6.54 Å². The van der Waals surface area contributed by atoms with Crippen LogP contribution in [0.5, 0.6) is 0 Å². The third-order valence-electron chi connectivity index (χ3n) is 2.16. The standard InChI is InChI=1S/C9H10N4O2/c1-12-6-10-4-7(12)5-13-3-2-11-8(13)9(14)15/h2-4,6H,5H2,1H3,(H,14,15). The van der Waals surface area contributed by atoms with Gasteiger partial charge in [0.25, 0.3) is 0 Å². The molecule has 0 aliphatic rings. The molecule has 0 amide bonds. The molecule has 1 N–H and O–H groups in total. The van der Waals surface area contributed by atoms with Crippen LogP contribution in [0, 0.1) is 0 Å². The third kappa shape index (κ3) is 1.74. The Bertz CT molecular complexity index is 486. The van der Waals surface area contributed by atoms with Crippen LogP contribution in [0.1, 0.15) is 16.3 Å². The van der Waals surface area contributed by atoms with Crippen LogP contribution in [0.15, 0.2) is 24.9 Å². The fourth-order valence-electron chi connectivity index (χ4n) is 1.35. The highest BCUT2D eigenvalue weighted by molar-refractivity contribution is 5.83. The normalized spacial score (nSPS) is 10.5. The number of rotatable bonds is 3. The second-order valence-corrected chi connectivity index (χ2v) is 3.18. The summed E-state index contributed by atoms with van der Waals surface area (Å²) in [5.41, 5.74) is 0.926. The van der Waals surface area contributed by atoms with Crippen LogP contribution in [0.3, 0.4) is 0 Å². The van der Waals surface area contributed by atoms with Crippen LogP contribution in [0.4, 0.5) is 0 Å². The molecule has 6 nitrogen and oxygen atoms in total. The zero-order valence-corrected chi connectivity index (χ0v) is 8.16. The van der Waals surface area contributed by atoms with Gasteiger partial charge in [-0.1, -0.05) is 0 Å². The van der Waals surface area contributed by atoms with Gasteiger partial charge in [-0.2, -0.15) is 0 Å². The van der Waals surface area contributed by atoms with Gasteiger partial charge in [0.05, 0.1) is 18.6 Å². The Morgan fingerprint density at radius 1 is 1.60 bits per heavy atom. The molecule has 0 radical (unpaired) electrons. The van der Waals surface area contributed by atoms with Crippen molar-refractivity contribution in [1.82, 2.24) is 19.1 Å². The first kappa shape index (κ1) is 9.45. The van der Waals surface area contributed by atoms with Crippen LogP contribution in [0.25, 0.3) is 0 Å². The average Bonchev–Trinajstić information content (AvgIpc) is 2.77. The molecular formula is C9H10N4O2. The minimum Gasteiger partial charge on any atom is -0.475 e. The summed E-state index contributed by atoms with van der Waals surface area (Å²) in [5, 5.41) is 8.85. The first-order valence-corrected chi connectivity index (χ1v) is 4.38. The molecular weight excluding hydrogens is 196 g/mol. The minimum absolute atomic E-state index is 0.0381. The Morgan fingerprint density at radius 3 is 3.00 bits per heavy atom. The molecule has 15 heavy (non-hydrogen) atoms. The highest BCUT2D eigenvalue weighted by Gasteiger charge is 2.11. The maximum Gasteiger partial charge on any atom is 0.372 e. The van der Waals surface area contributed by atoms with Gasteiger partial charge in [-0.3, -0.25) is 0 Å². The maximum absolute atomic E-state index is 10.8. The van der Waals surface area contributed by atoms with E-state index in [9.17, 15) is 4.79 Å². The van der Waals surface area contributed by atoms with Crippen LogP contribution in [-0.4, -0.2) is 30.2 Å². The predicted octanol–water partition coefficient (Wildman–Crippen LogP) is 0.363. The summed E-state index contributed by atoms with van der Waals surface area (Å²) in [6, 6.07) is 0. The van der Waals surface area contributed by atoms with E-state index in [1.165, 1.54) is 6.20 Å². The molecule has 0 aliphatic heterocycles. The molecule has 0 saturated heterocycles. The molecule has 0 unspecified atom stereocenters. The summed E-state index contributed by atoms with van der Waals surface area (Å²) in [7, 11) is 1.86. The number of carboxylic acid groups (broad SMARTS) is 1. The quantitative estimate of drug-likeness (QED) is 0.787. The van der Waals surface area contributed by atoms with Crippen molar-refractivity contribution >= 4 is 5.97 Å². The van der Waals surface area contributed by atoms with E-state index in [0.717, 1.165) is 5.69 Å². The number of nitrogens with zero attached hydrogens (tertiary/aromatic N) is 4. The van der Waals surface area contributed by atoms with Crippen LogP contribution < -0.4 is 0 Å². The van der Waals surface area contributed by atoms with Crippen molar-refractivity contribution in [2.24, 2.45) is 7.05 Å². The summed E-state index contributed by atoms with van der Waals surface area (Å²) >= 11 is 0. The van der Waals surface area contributed by atoms with Crippen LogP contribution in [-0.2, 0) is 13.6 Å². The van der Waals surface area contributed by atoms with Gasteiger partial charge < -0.3 is 14.2 Å². The average molecular weight is 206 g/mol. The molecule has 6 heteroatoms. The lowest BCUT2D eigenvalue weighted by molar-refractivity contribution is 0.0678. The number of carbonyl (C=O) groups is 1. The Morgan fingerprint density at radius 2 is 2.40 bits per heavy atom. The van der Waals surface area contributed by atoms with E-state index < -0.39 is 5.97 Å². The number of aromatic nitrogens is 4. The third-order valence-corrected chi connectivity index (χ3v) is 2.16. The molecule has 78 valence electrons. The van der Waals surface area contributed by atoms with Crippen molar-refractivity contribution in [2.75, 3.05) is 0 Å². The van der Waals surface area contributed by atoms with Gasteiger partial charge in [0.15, 0.2) is 0 Å². The number of imidazole rings is 2. The van der Waals surface area contributed by atoms with E-state index in [1.807, 2.05) is 11.6 Å². The molecule has 0 bridgehead atoms. The molecule has 0 aromatic carbocycles. The molecule has 0 saturated carbocycles. The zero-order valence-electron chi connectivity index (χ0n) is 8.16. The van der Waals surface area contributed by atoms with E-state index in [1.54, 1.807) is 23.3 Å². The van der Waals surface area contributed by atoms with Gasteiger partial charge in [0, 0.05) is 25.6 Å². The van der Waals surface area contributed by atoms with Gasteiger partial charge in [-0.15, -0.1) is 0 Å². The van der Waals surface area contributed by atoms with Gasteiger partial charge >= 0.3 is 5.97 Å². The van der Waals surface area contributed by atoms with E-state index in [0.29, 0.717) is 6.54 Å². The van der Waals surface area contributed by atoms with Crippen LogP contribution >= 0.6 is 0 Å². The van der Waals surface area contributed by atoms with E-state index in [2.05, 4.69) is 9.97 Å². The predicted molar refractivity (Wildman–Crippen MR) is 51.5 cm³/mol. The largest absolute Gasteiger partial charge is 0.475 e. The van der Waals surface area contributed by atoms with Crippen molar-refractivity contribution in [3.05, 3.63) is 36.4 Å². The Hall–Kier alpha value is -2.11. The molecule has 0 atom stereocenters. The fourth-order valence-corrected chi connectivity index (χ4v) is 1.35. The lowest BCUT2D eigenvalue weighted by Crippen LogP contribution is -2.11. The lowest BCUT2D eigenvalue weighted by atomic mass is 10.4. The van der Waals surface area contributed by atoms with Crippen LogP contribution in [0.2, 0.25) is 0 Å².